The maximum atomic E-state index is 14.2. The monoisotopic (exact) mass is 473 g/mol. The van der Waals surface area contributed by atoms with Gasteiger partial charge in [-0.25, -0.2) is 9.18 Å². The summed E-state index contributed by atoms with van der Waals surface area (Å²) in [6.07, 6.45) is 1.22. The quantitative estimate of drug-likeness (QED) is 0.252. The van der Waals surface area contributed by atoms with E-state index < -0.39 is 23.4 Å². The third kappa shape index (κ3) is 4.50. The number of anilines is 2. The van der Waals surface area contributed by atoms with Crippen LogP contribution in [0.5, 0.6) is 0 Å². The molecular weight excluding hydrogens is 449 g/mol. The van der Waals surface area contributed by atoms with Crippen LogP contribution in [0.1, 0.15) is 40.0 Å². The Balaban J connectivity index is 1.86. The molecule has 178 valence electrons. The lowest BCUT2D eigenvalue weighted by Gasteiger charge is -2.19. The van der Waals surface area contributed by atoms with Crippen molar-refractivity contribution in [2.75, 3.05) is 17.7 Å². The molecule has 35 heavy (non-hydrogen) atoms. The molecule has 0 radical (unpaired) electrons. The normalized spacial score (nSPS) is 11.8. The van der Waals surface area contributed by atoms with Gasteiger partial charge >= 0.3 is 5.97 Å². The Kier molecular flexibility index (Phi) is 6.38. The maximum Gasteiger partial charge on any atom is 0.340 e. The highest BCUT2D eigenvalue weighted by Crippen LogP contribution is 2.32. The molecule has 0 aliphatic heterocycles. The van der Waals surface area contributed by atoms with Crippen molar-refractivity contribution in [1.82, 2.24) is 0 Å². The summed E-state index contributed by atoms with van der Waals surface area (Å²) in [5.41, 5.74) is 3.27. The first-order valence-corrected chi connectivity index (χ1v) is 10.9. The zero-order valence-corrected chi connectivity index (χ0v) is 19.4. The fourth-order valence-corrected chi connectivity index (χ4v) is 4.13. The first kappa shape index (κ1) is 23.7. The Hall–Kier alpha value is -4.46. The summed E-state index contributed by atoms with van der Waals surface area (Å²) < 4.78 is 20.4. The molecule has 1 atom stereocenters. The standard InChI is InChI=1S/C27H24FN3O4/c1-14-9-18(15(2)31-22-6-4-5-20(28)25(22)27(33)34)26-19(10-14)23(32)12-24(35-26)16-7-8-21(30-3)17(11-16)13-29/h4-13,15,29-31H,1-3H3,(H,33,34). The van der Waals surface area contributed by atoms with Gasteiger partial charge in [0.1, 0.15) is 22.7 Å². The van der Waals surface area contributed by atoms with Gasteiger partial charge in [-0.3, -0.25) is 4.79 Å². The first-order chi connectivity index (χ1) is 16.7. The van der Waals surface area contributed by atoms with Crippen molar-refractivity contribution in [2.24, 2.45) is 0 Å². The molecule has 0 saturated carbocycles. The van der Waals surface area contributed by atoms with Gasteiger partial charge < -0.3 is 25.6 Å². The fraction of sp³-hybridized carbons (Fsp3) is 0.148. The molecule has 1 heterocycles. The van der Waals surface area contributed by atoms with Gasteiger partial charge in [-0.1, -0.05) is 12.1 Å². The second kappa shape index (κ2) is 9.42. The van der Waals surface area contributed by atoms with Crippen molar-refractivity contribution in [3.8, 4) is 11.3 Å². The lowest BCUT2D eigenvalue weighted by molar-refractivity contribution is 0.0693. The lowest BCUT2D eigenvalue weighted by atomic mass is 9.99. The molecule has 0 aliphatic rings. The Morgan fingerprint density at radius 3 is 2.60 bits per heavy atom. The molecule has 0 bridgehead atoms. The number of rotatable bonds is 7. The molecule has 7 nitrogen and oxygen atoms in total. The predicted molar refractivity (Wildman–Crippen MR) is 135 cm³/mol. The molecule has 0 spiro atoms. The Labute approximate surface area is 200 Å². The van der Waals surface area contributed by atoms with Crippen molar-refractivity contribution in [2.45, 2.75) is 19.9 Å². The molecule has 0 saturated heterocycles. The van der Waals surface area contributed by atoms with Crippen molar-refractivity contribution < 1.29 is 18.7 Å². The number of hydrogen-bond acceptors (Lipinski definition) is 6. The molecule has 0 aliphatic carbocycles. The van der Waals surface area contributed by atoms with Crippen LogP contribution in [-0.4, -0.2) is 24.3 Å². The number of benzene rings is 3. The average molecular weight is 474 g/mol. The Bertz CT molecular complexity index is 1530. The lowest BCUT2D eigenvalue weighted by Crippen LogP contribution is -2.13. The number of carboxylic acids is 1. The Morgan fingerprint density at radius 1 is 1.14 bits per heavy atom. The van der Waals surface area contributed by atoms with Crippen LogP contribution in [0.3, 0.4) is 0 Å². The van der Waals surface area contributed by atoms with Gasteiger partial charge in [-0.05, 0) is 55.8 Å². The van der Waals surface area contributed by atoms with Gasteiger partial charge in [0.2, 0.25) is 0 Å². The van der Waals surface area contributed by atoms with Crippen molar-refractivity contribution in [3.05, 3.63) is 92.9 Å². The minimum atomic E-state index is -1.38. The maximum absolute atomic E-state index is 14.2. The van der Waals surface area contributed by atoms with Crippen LogP contribution in [0.4, 0.5) is 15.8 Å². The summed E-state index contributed by atoms with van der Waals surface area (Å²) in [7, 11) is 1.76. The van der Waals surface area contributed by atoms with Crippen molar-refractivity contribution >= 4 is 34.5 Å². The van der Waals surface area contributed by atoms with Gasteiger partial charge in [0.25, 0.3) is 0 Å². The number of aryl methyl sites for hydroxylation is 1. The van der Waals surface area contributed by atoms with Gasteiger partial charge in [0, 0.05) is 41.7 Å². The summed E-state index contributed by atoms with van der Waals surface area (Å²) in [4.78, 5) is 24.7. The van der Waals surface area contributed by atoms with Crippen molar-refractivity contribution in [1.29, 1.82) is 5.41 Å². The van der Waals surface area contributed by atoms with Crippen LogP contribution in [0.15, 0.2) is 63.8 Å². The first-order valence-electron chi connectivity index (χ1n) is 10.9. The molecule has 4 N–H and O–H groups in total. The topological polar surface area (TPSA) is 115 Å². The number of aromatic carboxylic acids is 1. The van der Waals surface area contributed by atoms with Crippen LogP contribution in [0, 0.1) is 18.2 Å². The number of halogens is 1. The highest BCUT2D eigenvalue weighted by molar-refractivity contribution is 5.95. The van der Waals surface area contributed by atoms with Crippen molar-refractivity contribution in [3.63, 3.8) is 0 Å². The summed E-state index contributed by atoms with van der Waals surface area (Å²) >= 11 is 0. The van der Waals surface area contributed by atoms with Crippen LogP contribution in [0.2, 0.25) is 0 Å². The van der Waals surface area contributed by atoms with E-state index in [9.17, 15) is 19.1 Å². The fourth-order valence-electron chi connectivity index (χ4n) is 4.13. The van der Waals surface area contributed by atoms with Crippen LogP contribution in [0.25, 0.3) is 22.3 Å². The molecular formula is C27H24FN3O4. The molecule has 0 amide bonds. The van der Waals surface area contributed by atoms with E-state index in [0.717, 1.165) is 17.3 Å². The van der Waals surface area contributed by atoms with E-state index in [2.05, 4.69) is 10.6 Å². The van der Waals surface area contributed by atoms with Crippen LogP contribution in [-0.2, 0) is 0 Å². The van der Waals surface area contributed by atoms with E-state index in [-0.39, 0.29) is 11.1 Å². The van der Waals surface area contributed by atoms with Gasteiger partial charge in [-0.2, -0.15) is 0 Å². The van der Waals surface area contributed by atoms with E-state index in [1.54, 1.807) is 38.2 Å². The van der Waals surface area contributed by atoms with Gasteiger partial charge in [0.05, 0.1) is 17.1 Å². The Morgan fingerprint density at radius 2 is 1.91 bits per heavy atom. The smallest absolute Gasteiger partial charge is 0.340 e. The molecule has 8 heteroatoms. The molecule has 1 unspecified atom stereocenters. The van der Waals surface area contributed by atoms with Crippen LogP contribution >= 0.6 is 0 Å². The average Bonchev–Trinajstić information content (AvgIpc) is 2.83. The van der Waals surface area contributed by atoms with E-state index in [0.29, 0.717) is 33.4 Å². The summed E-state index contributed by atoms with van der Waals surface area (Å²) in [6.45, 7) is 3.63. The van der Waals surface area contributed by atoms with E-state index >= 15 is 0 Å². The minimum absolute atomic E-state index is 0.122. The minimum Gasteiger partial charge on any atom is -0.478 e. The largest absolute Gasteiger partial charge is 0.478 e. The second-order valence-corrected chi connectivity index (χ2v) is 8.24. The highest BCUT2D eigenvalue weighted by Gasteiger charge is 2.20. The molecule has 4 aromatic rings. The van der Waals surface area contributed by atoms with Gasteiger partial charge in [0.15, 0.2) is 5.43 Å². The molecule has 0 fully saturated rings. The number of nitrogens with one attached hydrogen (secondary N) is 3. The SMILES string of the molecule is CNc1ccc(-c2cc(=O)c3cc(C)cc(C(C)Nc4cccc(F)c4C(=O)O)c3o2)cc1C=N. The number of fused-ring (bicyclic) bond motifs is 1. The third-order valence-electron chi connectivity index (χ3n) is 5.83. The molecule has 3 aromatic carbocycles. The molecule has 1 aromatic heterocycles. The van der Waals surface area contributed by atoms with Gasteiger partial charge in [-0.15, -0.1) is 0 Å². The number of carboxylic acid groups (broad SMARTS) is 1. The van der Waals surface area contributed by atoms with E-state index in [1.807, 2.05) is 13.0 Å². The summed E-state index contributed by atoms with van der Waals surface area (Å²) in [5.74, 6) is -1.89. The third-order valence-corrected chi connectivity index (χ3v) is 5.83. The van der Waals surface area contributed by atoms with E-state index in [1.165, 1.54) is 24.4 Å². The zero-order valence-electron chi connectivity index (χ0n) is 19.4. The number of hydrogen-bond donors (Lipinski definition) is 4. The number of carbonyl (C=O) groups is 1. The predicted octanol–water partition coefficient (Wildman–Crippen LogP) is 5.82. The zero-order chi connectivity index (χ0) is 25.3. The summed E-state index contributed by atoms with van der Waals surface area (Å²) in [6, 6.07) is 13.9. The van der Waals surface area contributed by atoms with Crippen LogP contribution < -0.4 is 16.1 Å². The van der Waals surface area contributed by atoms with E-state index in [4.69, 9.17) is 9.83 Å². The summed E-state index contributed by atoms with van der Waals surface area (Å²) in [5, 5.41) is 23.6. The second-order valence-electron chi connectivity index (χ2n) is 8.24. The highest BCUT2D eigenvalue weighted by atomic mass is 19.1. The molecule has 4 rings (SSSR count).